The van der Waals surface area contributed by atoms with Crippen molar-refractivity contribution in [2.24, 2.45) is 22.6 Å². The van der Waals surface area contributed by atoms with E-state index in [9.17, 15) is 0 Å². The van der Waals surface area contributed by atoms with Crippen molar-refractivity contribution in [2.45, 2.75) is 58.4 Å². The maximum atomic E-state index is 6.08. The van der Waals surface area contributed by atoms with Crippen molar-refractivity contribution >= 4 is 5.96 Å². The zero-order chi connectivity index (χ0) is 12.5. The van der Waals surface area contributed by atoms with E-state index in [-0.39, 0.29) is 5.54 Å². The standard InChI is InChI=1S/C14H27N3/c1-4-12-5-7-14(8-6-12)10-16-13(15)17(14)9-11(2)3/h11-12H,4-10H2,1-3H3,(H2,15,16). The van der Waals surface area contributed by atoms with Gasteiger partial charge in [0.25, 0.3) is 0 Å². The van der Waals surface area contributed by atoms with Gasteiger partial charge >= 0.3 is 0 Å². The minimum atomic E-state index is 0.278. The third-order valence-corrected chi connectivity index (χ3v) is 4.55. The topological polar surface area (TPSA) is 41.6 Å². The summed E-state index contributed by atoms with van der Waals surface area (Å²) >= 11 is 0. The Morgan fingerprint density at radius 1 is 1.41 bits per heavy atom. The van der Waals surface area contributed by atoms with Crippen LogP contribution in [0.1, 0.15) is 52.9 Å². The van der Waals surface area contributed by atoms with Gasteiger partial charge in [-0.15, -0.1) is 0 Å². The Labute approximate surface area is 105 Å². The molecule has 0 aromatic carbocycles. The summed E-state index contributed by atoms with van der Waals surface area (Å²) in [4.78, 5) is 6.93. The van der Waals surface area contributed by atoms with Gasteiger partial charge in [-0.2, -0.15) is 0 Å². The molecule has 2 aliphatic rings. The molecule has 1 saturated carbocycles. The van der Waals surface area contributed by atoms with E-state index in [0.717, 1.165) is 25.0 Å². The average molecular weight is 237 g/mol. The second-order valence-corrected chi connectivity index (χ2v) is 6.25. The molecule has 98 valence electrons. The predicted octanol–water partition coefficient (Wildman–Crippen LogP) is 2.61. The van der Waals surface area contributed by atoms with Crippen molar-refractivity contribution in [3.63, 3.8) is 0 Å². The second-order valence-electron chi connectivity index (χ2n) is 6.25. The van der Waals surface area contributed by atoms with Crippen LogP contribution in [0, 0.1) is 11.8 Å². The van der Waals surface area contributed by atoms with E-state index >= 15 is 0 Å². The van der Waals surface area contributed by atoms with Gasteiger partial charge in [0.05, 0.1) is 12.1 Å². The summed E-state index contributed by atoms with van der Waals surface area (Å²) in [5.41, 5.74) is 6.35. The molecule has 2 N–H and O–H groups in total. The Bertz CT molecular complexity index is 288. The normalized spacial score (nSPS) is 33.5. The number of rotatable bonds is 3. The largest absolute Gasteiger partial charge is 0.370 e. The van der Waals surface area contributed by atoms with Crippen LogP contribution in [-0.4, -0.2) is 29.5 Å². The molecule has 1 fully saturated rings. The Morgan fingerprint density at radius 2 is 2.06 bits per heavy atom. The number of nitrogens with zero attached hydrogens (tertiary/aromatic N) is 2. The van der Waals surface area contributed by atoms with E-state index in [0.29, 0.717) is 5.92 Å². The van der Waals surface area contributed by atoms with Crippen LogP contribution in [0.25, 0.3) is 0 Å². The van der Waals surface area contributed by atoms with Crippen LogP contribution in [0.2, 0.25) is 0 Å². The Morgan fingerprint density at radius 3 is 2.59 bits per heavy atom. The fourth-order valence-electron chi connectivity index (χ4n) is 3.35. The maximum Gasteiger partial charge on any atom is 0.191 e. The predicted molar refractivity (Wildman–Crippen MR) is 73.0 cm³/mol. The van der Waals surface area contributed by atoms with Crippen LogP contribution in [0.5, 0.6) is 0 Å². The molecule has 3 heteroatoms. The molecule has 0 saturated heterocycles. The molecule has 0 amide bonds. The molecule has 0 aromatic rings. The summed E-state index contributed by atoms with van der Waals surface area (Å²) < 4.78 is 0. The molecular weight excluding hydrogens is 210 g/mol. The summed E-state index contributed by atoms with van der Waals surface area (Å²) in [6, 6.07) is 0. The summed E-state index contributed by atoms with van der Waals surface area (Å²) in [5, 5.41) is 0. The minimum absolute atomic E-state index is 0.278. The van der Waals surface area contributed by atoms with Crippen molar-refractivity contribution in [2.75, 3.05) is 13.1 Å². The lowest BCUT2D eigenvalue weighted by atomic mass is 9.75. The highest BCUT2D eigenvalue weighted by atomic mass is 15.4. The lowest BCUT2D eigenvalue weighted by molar-refractivity contribution is 0.106. The highest BCUT2D eigenvalue weighted by Gasteiger charge is 2.44. The van der Waals surface area contributed by atoms with Gasteiger partial charge < -0.3 is 10.6 Å². The number of hydrogen-bond acceptors (Lipinski definition) is 3. The van der Waals surface area contributed by atoms with Gasteiger partial charge in [0.15, 0.2) is 5.96 Å². The summed E-state index contributed by atoms with van der Waals surface area (Å²) in [5.74, 6) is 2.37. The van der Waals surface area contributed by atoms with Crippen LogP contribution < -0.4 is 5.73 Å². The van der Waals surface area contributed by atoms with Crippen molar-refractivity contribution < 1.29 is 0 Å². The molecule has 1 aliphatic carbocycles. The van der Waals surface area contributed by atoms with Crippen LogP contribution in [0.3, 0.4) is 0 Å². The van der Waals surface area contributed by atoms with Gasteiger partial charge in [-0.25, -0.2) is 0 Å². The van der Waals surface area contributed by atoms with Crippen molar-refractivity contribution in [1.82, 2.24) is 4.90 Å². The highest BCUT2D eigenvalue weighted by Crippen LogP contribution is 2.40. The first kappa shape index (κ1) is 12.7. The fourth-order valence-corrected chi connectivity index (χ4v) is 3.35. The molecule has 0 aromatic heterocycles. The molecule has 1 spiro atoms. The third-order valence-electron chi connectivity index (χ3n) is 4.55. The van der Waals surface area contributed by atoms with Crippen molar-refractivity contribution in [1.29, 1.82) is 0 Å². The first-order valence-electron chi connectivity index (χ1n) is 7.15. The average Bonchev–Trinajstić information content (AvgIpc) is 2.59. The second kappa shape index (κ2) is 4.87. The molecular formula is C14H27N3. The lowest BCUT2D eigenvalue weighted by Crippen LogP contribution is -2.54. The summed E-state index contributed by atoms with van der Waals surface area (Å²) in [7, 11) is 0. The molecule has 1 aliphatic heterocycles. The van der Waals surface area contributed by atoms with Gasteiger partial charge in [-0.3, -0.25) is 4.99 Å². The zero-order valence-electron chi connectivity index (χ0n) is 11.6. The number of aliphatic imine (C=N–C) groups is 1. The fraction of sp³-hybridized carbons (Fsp3) is 0.929. The minimum Gasteiger partial charge on any atom is -0.370 e. The van der Waals surface area contributed by atoms with E-state index in [1.807, 2.05) is 0 Å². The van der Waals surface area contributed by atoms with E-state index in [2.05, 4.69) is 30.7 Å². The monoisotopic (exact) mass is 237 g/mol. The van der Waals surface area contributed by atoms with Gasteiger partial charge in [0.1, 0.15) is 0 Å². The lowest BCUT2D eigenvalue weighted by Gasteiger charge is -2.44. The summed E-state index contributed by atoms with van der Waals surface area (Å²) in [6.07, 6.45) is 6.60. The van der Waals surface area contributed by atoms with Crippen molar-refractivity contribution in [3.05, 3.63) is 0 Å². The number of hydrogen-bond donors (Lipinski definition) is 1. The molecule has 0 radical (unpaired) electrons. The first-order valence-corrected chi connectivity index (χ1v) is 7.15. The SMILES string of the molecule is CCC1CCC2(CC1)CN=C(N)N2CC(C)C. The molecule has 2 rings (SSSR count). The molecule has 17 heavy (non-hydrogen) atoms. The van der Waals surface area contributed by atoms with E-state index in [1.165, 1.54) is 32.1 Å². The van der Waals surface area contributed by atoms with Crippen molar-refractivity contribution in [3.8, 4) is 0 Å². The highest BCUT2D eigenvalue weighted by molar-refractivity contribution is 5.81. The Kier molecular flexibility index (Phi) is 3.64. The quantitative estimate of drug-likeness (QED) is 0.820. The maximum absolute atomic E-state index is 6.08. The van der Waals surface area contributed by atoms with E-state index < -0.39 is 0 Å². The Balaban J connectivity index is 2.05. The zero-order valence-corrected chi connectivity index (χ0v) is 11.6. The third kappa shape index (κ3) is 2.43. The van der Waals surface area contributed by atoms with E-state index in [1.54, 1.807) is 0 Å². The Hall–Kier alpha value is -0.730. The van der Waals surface area contributed by atoms with Crippen LogP contribution in [-0.2, 0) is 0 Å². The molecule has 0 bridgehead atoms. The molecule has 3 nitrogen and oxygen atoms in total. The van der Waals surface area contributed by atoms with E-state index in [4.69, 9.17) is 5.73 Å². The van der Waals surface area contributed by atoms with Gasteiger partial charge in [0, 0.05) is 6.54 Å². The first-order chi connectivity index (χ1) is 8.07. The van der Waals surface area contributed by atoms with Crippen LogP contribution in [0.4, 0.5) is 0 Å². The van der Waals surface area contributed by atoms with Crippen LogP contribution >= 0.6 is 0 Å². The smallest absolute Gasteiger partial charge is 0.191 e. The molecule has 1 heterocycles. The number of nitrogens with two attached hydrogens (primary N) is 1. The number of guanidine groups is 1. The van der Waals surface area contributed by atoms with Crippen LogP contribution in [0.15, 0.2) is 4.99 Å². The molecule has 0 unspecified atom stereocenters. The molecule has 0 atom stereocenters. The summed E-state index contributed by atoms with van der Waals surface area (Å²) in [6.45, 7) is 8.83. The van der Waals surface area contributed by atoms with Gasteiger partial charge in [-0.05, 0) is 37.5 Å². The van der Waals surface area contributed by atoms with Gasteiger partial charge in [-0.1, -0.05) is 27.2 Å². The van der Waals surface area contributed by atoms with Gasteiger partial charge in [0.2, 0.25) is 0 Å².